The van der Waals surface area contributed by atoms with Crippen LogP contribution < -0.4 is 5.32 Å². The lowest BCUT2D eigenvalue weighted by Gasteiger charge is -2.19. The van der Waals surface area contributed by atoms with Crippen molar-refractivity contribution < 1.29 is 9.59 Å². The van der Waals surface area contributed by atoms with Crippen molar-refractivity contribution in [3.63, 3.8) is 0 Å². The van der Waals surface area contributed by atoms with Crippen LogP contribution in [0.4, 0.5) is 5.69 Å². The lowest BCUT2D eigenvalue weighted by atomic mass is 10.0. The number of hydrogen-bond donors (Lipinski definition) is 2. The average molecular weight is 370 g/mol. The van der Waals surface area contributed by atoms with Gasteiger partial charge < -0.3 is 5.32 Å². The summed E-state index contributed by atoms with van der Waals surface area (Å²) in [5.74, 6) is -1.12. The maximum absolute atomic E-state index is 12.8. The number of imide groups is 1. The SMILES string of the molecule is CNc1ccc(-c2ncccc2C)cc1C(=N)N1C(=O)c2ccccc2C1=O. The number of carbonyl (C=O) groups is 2. The normalized spacial score (nSPS) is 12.9. The molecule has 0 fully saturated rings. The first-order valence-corrected chi connectivity index (χ1v) is 8.83. The first-order chi connectivity index (χ1) is 13.5. The number of pyridine rings is 1. The van der Waals surface area contributed by atoms with Crippen molar-refractivity contribution in [3.8, 4) is 11.3 Å². The number of fused-ring (bicyclic) bond motifs is 1. The van der Waals surface area contributed by atoms with Crippen molar-refractivity contribution in [2.75, 3.05) is 12.4 Å². The number of carbonyl (C=O) groups excluding carboxylic acids is 2. The summed E-state index contributed by atoms with van der Waals surface area (Å²) in [6.45, 7) is 1.96. The first kappa shape index (κ1) is 17.6. The molecule has 2 aromatic carbocycles. The van der Waals surface area contributed by atoms with Crippen molar-refractivity contribution in [2.24, 2.45) is 0 Å². The van der Waals surface area contributed by atoms with Crippen molar-refractivity contribution in [3.05, 3.63) is 83.0 Å². The van der Waals surface area contributed by atoms with E-state index in [1.807, 2.05) is 31.2 Å². The van der Waals surface area contributed by atoms with Gasteiger partial charge in [0.25, 0.3) is 11.8 Å². The fraction of sp³-hybridized carbons (Fsp3) is 0.0909. The molecule has 0 spiro atoms. The number of aryl methyl sites for hydroxylation is 1. The lowest BCUT2D eigenvalue weighted by molar-refractivity contribution is 0.0748. The van der Waals surface area contributed by atoms with Crippen LogP contribution in [0.2, 0.25) is 0 Å². The number of anilines is 1. The van der Waals surface area contributed by atoms with Crippen molar-refractivity contribution in [1.29, 1.82) is 5.41 Å². The number of aromatic nitrogens is 1. The van der Waals surface area contributed by atoms with E-state index in [4.69, 9.17) is 5.41 Å². The molecule has 2 heterocycles. The third-order valence-electron chi connectivity index (χ3n) is 4.84. The molecule has 0 saturated carbocycles. The fourth-order valence-corrected chi connectivity index (χ4v) is 3.41. The van der Waals surface area contributed by atoms with E-state index >= 15 is 0 Å². The van der Waals surface area contributed by atoms with Crippen LogP contribution in [0.3, 0.4) is 0 Å². The van der Waals surface area contributed by atoms with Gasteiger partial charge >= 0.3 is 0 Å². The van der Waals surface area contributed by atoms with Gasteiger partial charge in [-0.15, -0.1) is 0 Å². The Kier molecular flexibility index (Phi) is 4.24. The quantitative estimate of drug-likeness (QED) is 0.418. The summed E-state index contributed by atoms with van der Waals surface area (Å²) in [5, 5.41) is 11.7. The van der Waals surface area contributed by atoms with Crippen LogP contribution >= 0.6 is 0 Å². The second-order valence-electron chi connectivity index (χ2n) is 6.52. The second kappa shape index (κ2) is 6.74. The van der Waals surface area contributed by atoms with E-state index < -0.39 is 11.8 Å². The predicted octanol–water partition coefficient (Wildman–Crippen LogP) is 3.72. The Labute approximate surface area is 162 Å². The monoisotopic (exact) mass is 370 g/mol. The van der Waals surface area contributed by atoms with E-state index in [2.05, 4.69) is 10.3 Å². The molecule has 6 nitrogen and oxygen atoms in total. The predicted molar refractivity (Wildman–Crippen MR) is 108 cm³/mol. The molecule has 0 radical (unpaired) electrons. The molecule has 3 aromatic rings. The summed E-state index contributed by atoms with van der Waals surface area (Å²) in [6, 6.07) is 16.0. The Bertz CT molecular complexity index is 1100. The molecule has 4 rings (SSSR count). The molecule has 0 aliphatic carbocycles. The third-order valence-corrected chi connectivity index (χ3v) is 4.84. The molecule has 28 heavy (non-hydrogen) atoms. The topological polar surface area (TPSA) is 86.2 Å². The summed E-state index contributed by atoms with van der Waals surface area (Å²) in [4.78, 5) is 30.9. The number of amidine groups is 1. The van der Waals surface area contributed by atoms with Crippen LogP contribution in [-0.2, 0) is 0 Å². The van der Waals surface area contributed by atoms with E-state index in [0.717, 1.165) is 21.7 Å². The van der Waals surface area contributed by atoms with Crippen LogP contribution in [0, 0.1) is 12.3 Å². The molecule has 0 bridgehead atoms. The Morgan fingerprint density at radius 1 is 1.00 bits per heavy atom. The molecule has 0 unspecified atom stereocenters. The molecule has 1 aliphatic heterocycles. The highest BCUT2D eigenvalue weighted by atomic mass is 16.2. The molecule has 138 valence electrons. The highest BCUT2D eigenvalue weighted by Gasteiger charge is 2.38. The number of hydrogen-bond acceptors (Lipinski definition) is 5. The number of amides is 2. The zero-order chi connectivity index (χ0) is 19.8. The van der Waals surface area contributed by atoms with Gasteiger partial charge in [0.1, 0.15) is 5.84 Å². The smallest absolute Gasteiger partial charge is 0.267 e. The average Bonchev–Trinajstić information content (AvgIpc) is 2.98. The van der Waals surface area contributed by atoms with Gasteiger partial charge in [-0.05, 0) is 42.8 Å². The fourth-order valence-electron chi connectivity index (χ4n) is 3.41. The van der Waals surface area contributed by atoms with Crippen LogP contribution in [0.5, 0.6) is 0 Å². The van der Waals surface area contributed by atoms with Crippen LogP contribution in [0.25, 0.3) is 11.3 Å². The first-order valence-electron chi connectivity index (χ1n) is 8.83. The van der Waals surface area contributed by atoms with Crippen LogP contribution in [0.1, 0.15) is 31.8 Å². The Balaban J connectivity index is 1.80. The molecule has 0 atom stereocenters. The summed E-state index contributed by atoms with van der Waals surface area (Å²) >= 11 is 0. The highest BCUT2D eigenvalue weighted by molar-refractivity contribution is 6.32. The molecule has 2 amide bonds. The van der Waals surface area contributed by atoms with Gasteiger partial charge in [-0.3, -0.25) is 20.0 Å². The van der Waals surface area contributed by atoms with Gasteiger partial charge in [0.05, 0.1) is 16.8 Å². The summed E-state index contributed by atoms with van der Waals surface area (Å²) in [7, 11) is 1.74. The molecular formula is C22H18N4O2. The lowest BCUT2D eigenvalue weighted by Crippen LogP contribution is -2.36. The summed E-state index contributed by atoms with van der Waals surface area (Å²) in [5.41, 5.74) is 4.35. The number of benzene rings is 2. The summed E-state index contributed by atoms with van der Waals surface area (Å²) < 4.78 is 0. The molecule has 2 N–H and O–H groups in total. The molecule has 1 aliphatic rings. The second-order valence-corrected chi connectivity index (χ2v) is 6.52. The molecule has 1 aromatic heterocycles. The van der Waals surface area contributed by atoms with Crippen LogP contribution in [0.15, 0.2) is 60.8 Å². The maximum atomic E-state index is 12.8. The number of nitrogens with one attached hydrogen (secondary N) is 2. The molecule has 0 saturated heterocycles. The van der Waals surface area contributed by atoms with Crippen molar-refractivity contribution >= 4 is 23.3 Å². The maximum Gasteiger partial charge on any atom is 0.267 e. The largest absolute Gasteiger partial charge is 0.388 e. The minimum absolute atomic E-state index is 0.161. The van der Waals surface area contributed by atoms with E-state index in [-0.39, 0.29) is 5.84 Å². The minimum atomic E-state index is -0.480. The van der Waals surface area contributed by atoms with Gasteiger partial charge in [-0.2, -0.15) is 0 Å². The van der Waals surface area contributed by atoms with Gasteiger partial charge in [0.2, 0.25) is 0 Å². The Morgan fingerprint density at radius 3 is 2.29 bits per heavy atom. The zero-order valence-electron chi connectivity index (χ0n) is 15.5. The zero-order valence-corrected chi connectivity index (χ0v) is 15.5. The number of nitrogens with zero attached hydrogens (tertiary/aromatic N) is 2. The molecular weight excluding hydrogens is 352 g/mol. The van der Waals surface area contributed by atoms with Crippen LogP contribution in [-0.4, -0.2) is 34.6 Å². The highest BCUT2D eigenvalue weighted by Crippen LogP contribution is 2.30. The van der Waals surface area contributed by atoms with Gasteiger partial charge in [-0.1, -0.05) is 24.3 Å². The van der Waals surface area contributed by atoms with Crippen molar-refractivity contribution in [1.82, 2.24) is 9.88 Å². The van der Waals surface area contributed by atoms with Gasteiger partial charge in [0, 0.05) is 30.1 Å². The standard InChI is InChI=1S/C22H18N4O2/c1-13-6-5-11-25-19(13)14-9-10-18(24-2)17(12-14)20(23)26-21(27)15-7-3-4-8-16(15)22(26)28/h3-12,23-24H,1-2H3. The Morgan fingerprint density at radius 2 is 1.68 bits per heavy atom. The Hall–Kier alpha value is -3.80. The van der Waals surface area contributed by atoms with E-state index in [1.54, 1.807) is 43.6 Å². The van der Waals surface area contributed by atoms with Gasteiger partial charge in [0.15, 0.2) is 0 Å². The minimum Gasteiger partial charge on any atom is -0.388 e. The van der Waals surface area contributed by atoms with Gasteiger partial charge in [-0.25, -0.2) is 4.90 Å². The van der Waals surface area contributed by atoms with Crippen molar-refractivity contribution in [2.45, 2.75) is 6.92 Å². The summed E-state index contributed by atoms with van der Waals surface area (Å²) in [6.07, 6.45) is 1.71. The van der Waals surface area contributed by atoms with E-state index in [0.29, 0.717) is 22.4 Å². The molecule has 6 heteroatoms. The number of rotatable bonds is 3. The van der Waals surface area contributed by atoms with E-state index in [1.165, 1.54) is 0 Å². The third kappa shape index (κ3) is 2.66. The van der Waals surface area contributed by atoms with E-state index in [9.17, 15) is 9.59 Å².